The van der Waals surface area contributed by atoms with Crippen molar-refractivity contribution in [1.82, 2.24) is 4.57 Å². The van der Waals surface area contributed by atoms with Crippen LogP contribution in [0.25, 0.3) is 0 Å². The van der Waals surface area contributed by atoms with E-state index in [1.54, 1.807) is 11.5 Å². The summed E-state index contributed by atoms with van der Waals surface area (Å²) >= 11 is 0. The fourth-order valence-corrected chi connectivity index (χ4v) is 1.96. The highest BCUT2D eigenvalue weighted by Gasteiger charge is 2.13. The van der Waals surface area contributed by atoms with Crippen molar-refractivity contribution in [3.63, 3.8) is 0 Å². The number of aromatic nitrogens is 1. The normalized spacial score (nSPS) is 10.2. The van der Waals surface area contributed by atoms with Gasteiger partial charge in [-0.25, -0.2) is 4.79 Å². The van der Waals surface area contributed by atoms with E-state index in [4.69, 9.17) is 4.74 Å². The average molecular weight is 257 g/mol. The average Bonchev–Trinajstić information content (AvgIpc) is 2.44. The minimum atomic E-state index is -0.431. The largest absolute Gasteiger partial charge is 0.465 e. The molecule has 1 aromatic carbocycles. The van der Waals surface area contributed by atoms with Crippen molar-refractivity contribution in [3.8, 4) is 0 Å². The first-order valence-corrected chi connectivity index (χ1v) is 5.96. The van der Waals surface area contributed by atoms with E-state index in [0.717, 1.165) is 5.56 Å². The second-order valence-electron chi connectivity index (χ2n) is 4.23. The molecule has 0 aliphatic heterocycles. The molecule has 0 bridgehead atoms. The maximum absolute atomic E-state index is 11.9. The predicted molar refractivity (Wildman–Crippen MR) is 72.3 cm³/mol. The zero-order chi connectivity index (χ0) is 13.8. The number of esters is 1. The van der Waals surface area contributed by atoms with E-state index in [2.05, 4.69) is 0 Å². The van der Waals surface area contributed by atoms with Gasteiger partial charge < -0.3 is 9.30 Å². The molecule has 0 unspecified atom stereocenters. The second-order valence-corrected chi connectivity index (χ2v) is 4.23. The molecule has 1 aromatic heterocycles. The van der Waals surface area contributed by atoms with Crippen molar-refractivity contribution in [1.29, 1.82) is 0 Å². The van der Waals surface area contributed by atoms with Crippen LogP contribution in [0.15, 0.2) is 47.3 Å². The number of nitrogens with zero attached hydrogens (tertiary/aromatic N) is 1. The number of rotatable bonds is 3. The first-order chi connectivity index (χ1) is 9.13. The number of hydrogen-bond acceptors (Lipinski definition) is 3. The van der Waals surface area contributed by atoms with Gasteiger partial charge in [0.05, 0.1) is 19.2 Å². The molecule has 19 heavy (non-hydrogen) atoms. The number of carbonyl (C=O) groups excluding carboxylic acids is 1. The Labute approximate surface area is 111 Å². The van der Waals surface area contributed by atoms with E-state index in [0.29, 0.717) is 17.8 Å². The number of pyridine rings is 1. The van der Waals surface area contributed by atoms with Gasteiger partial charge in [-0.15, -0.1) is 0 Å². The van der Waals surface area contributed by atoms with Gasteiger partial charge >= 0.3 is 5.97 Å². The van der Waals surface area contributed by atoms with E-state index < -0.39 is 5.97 Å². The maximum Gasteiger partial charge on any atom is 0.339 e. The first-order valence-electron chi connectivity index (χ1n) is 5.96. The van der Waals surface area contributed by atoms with E-state index in [1.807, 2.05) is 30.3 Å². The fraction of sp³-hybridized carbons (Fsp3) is 0.200. The number of methoxy groups -OCH3 is 1. The molecule has 2 aromatic rings. The van der Waals surface area contributed by atoms with Crippen LogP contribution in [0, 0.1) is 6.92 Å². The Kier molecular flexibility index (Phi) is 3.80. The van der Waals surface area contributed by atoms with E-state index in [1.165, 1.54) is 19.2 Å². The molecule has 2 rings (SSSR count). The lowest BCUT2D eigenvalue weighted by Crippen LogP contribution is -2.24. The lowest BCUT2D eigenvalue weighted by atomic mass is 10.1. The Balaban J connectivity index is 2.45. The van der Waals surface area contributed by atoms with Gasteiger partial charge in [0.2, 0.25) is 0 Å². The number of ether oxygens (including phenoxy) is 1. The summed E-state index contributed by atoms with van der Waals surface area (Å²) in [7, 11) is 1.33. The Morgan fingerprint density at radius 2 is 1.84 bits per heavy atom. The summed E-state index contributed by atoms with van der Waals surface area (Å²) in [6.45, 7) is 2.19. The third kappa shape index (κ3) is 2.73. The van der Waals surface area contributed by atoms with Crippen molar-refractivity contribution < 1.29 is 9.53 Å². The fourth-order valence-electron chi connectivity index (χ4n) is 1.96. The van der Waals surface area contributed by atoms with Crippen LogP contribution < -0.4 is 5.56 Å². The van der Waals surface area contributed by atoms with Crippen LogP contribution in [0.5, 0.6) is 0 Å². The second kappa shape index (κ2) is 5.52. The Hall–Kier alpha value is -2.36. The van der Waals surface area contributed by atoms with Crippen LogP contribution in [-0.4, -0.2) is 17.6 Å². The molecule has 1 heterocycles. The van der Waals surface area contributed by atoms with Crippen molar-refractivity contribution in [2.75, 3.05) is 7.11 Å². The molecule has 0 N–H and O–H groups in total. The molecule has 0 saturated heterocycles. The summed E-state index contributed by atoms with van der Waals surface area (Å²) in [6, 6.07) is 12.5. The molecule has 0 atom stereocenters. The molecule has 0 radical (unpaired) electrons. The quantitative estimate of drug-likeness (QED) is 0.790. The summed E-state index contributed by atoms with van der Waals surface area (Å²) in [5, 5.41) is 0. The van der Waals surface area contributed by atoms with Crippen LogP contribution in [-0.2, 0) is 11.3 Å². The minimum absolute atomic E-state index is 0.131. The van der Waals surface area contributed by atoms with Crippen LogP contribution in [0.1, 0.15) is 21.6 Å². The number of hydrogen-bond donors (Lipinski definition) is 0. The van der Waals surface area contributed by atoms with Crippen LogP contribution in [0.4, 0.5) is 0 Å². The number of carbonyl (C=O) groups is 1. The minimum Gasteiger partial charge on any atom is -0.465 e. The zero-order valence-corrected chi connectivity index (χ0v) is 10.9. The maximum atomic E-state index is 11.9. The SMILES string of the molecule is COC(=O)c1ccc(=O)n(Cc2ccccc2)c1C. The van der Waals surface area contributed by atoms with Crippen molar-refractivity contribution in [3.05, 3.63) is 69.6 Å². The highest BCUT2D eigenvalue weighted by molar-refractivity contribution is 5.90. The van der Waals surface area contributed by atoms with E-state index in [9.17, 15) is 9.59 Å². The van der Waals surface area contributed by atoms with Crippen molar-refractivity contribution in [2.45, 2.75) is 13.5 Å². The van der Waals surface area contributed by atoms with Gasteiger partial charge in [-0.2, -0.15) is 0 Å². The zero-order valence-electron chi connectivity index (χ0n) is 10.9. The van der Waals surface area contributed by atoms with Crippen LogP contribution in [0.2, 0.25) is 0 Å². The lowest BCUT2D eigenvalue weighted by molar-refractivity contribution is 0.0598. The van der Waals surface area contributed by atoms with E-state index in [-0.39, 0.29) is 5.56 Å². The van der Waals surface area contributed by atoms with Gasteiger partial charge in [-0.1, -0.05) is 30.3 Å². The van der Waals surface area contributed by atoms with Crippen molar-refractivity contribution in [2.24, 2.45) is 0 Å². The van der Waals surface area contributed by atoms with E-state index >= 15 is 0 Å². The third-order valence-corrected chi connectivity index (χ3v) is 3.04. The van der Waals surface area contributed by atoms with Gasteiger partial charge in [0, 0.05) is 11.8 Å². The molecule has 0 aliphatic rings. The smallest absolute Gasteiger partial charge is 0.339 e. The Bertz CT molecular complexity index is 644. The van der Waals surface area contributed by atoms with Gasteiger partial charge in [-0.05, 0) is 18.6 Å². The summed E-state index contributed by atoms with van der Waals surface area (Å²) in [4.78, 5) is 23.5. The van der Waals surface area contributed by atoms with Crippen molar-refractivity contribution >= 4 is 5.97 Å². The molecule has 0 fully saturated rings. The monoisotopic (exact) mass is 257 g/mol. The van der Waals surface area contributed by atoms with Crippen LogP contribution in [0.3, 0.4) is 0 Å². The molecule has 0 spiro atoms. The Morgan fingerprint density at radius 1 is 1.16 bits per heavy atom. The molecular weight excluding hydrogens is 242 g/mol. The summed E-state index contributed by atoms with van der Waals surface area (Å²) in [5.41, 5.74) is 1.91. The van der Waals surface area contributed by atoms with Gasteiger partial charge in [0.25, 0.3) is 5.56 Å². The van der Waals surface area contributed by atoms with Crippen LogP contribution >= 0.6 is 0 Å². The van der Waals surface area contributed by atoms with Gasteiger partial charge in [-0.3, -0.25) is 4.79 Å². The standard InChI is InChI=1S/C15H15NO3/c1-11-13(15(18)19-2)8-9-14(17)16(11)10-12-6-4-3-5-7-12/h3-9H,10H2,1-2H3. The number of benzene rings is 1. The lowest BCUT2D eigenvalue weighted by Gasteiger charge is -2.12. The highest BCUT2D eigenvalue weighted by atomic mass is 16.5. The first kappa shape index (κ1) is 13.1. The molecule has 0 saturated carbocycles. The summed E-state index contributed by atoms with van der Waals surface area (Å²) in [5.74, 6) is -0.431. The topological polar surface area (TPSA) is 48.3 Å². The molecule has 0 aliphatic carbocycles. The molecular formula is C15H15NO3. The molecule has 0 amide bonds. The predicted octanol–water partition coefficient (Wildman–Crippen LogP) is 1.99. The Morgan fingerprint density at radius 3 is 2.47 bits per heavy atom. The summed E-state index contributed by atoms with van der Waals surface area (Å²) in [6.07, 6.45) is 0. The molecule has 98 valence electrons. The van der Waals surface area contributed by atoms with Gasteiger partial charge in [0.15, 0.2) is 0 Å². The highest BCUT2D eigenvalue weighted by Crippen LogP contribution is 2.09. The molecule has 4 heteroatoms. The summed E-state index contributed by atoms with van der Waals surface area (Å²) < 4.78 is 6.28. The molecule has 4 nitrogen and oxygen atoms in total. The van der Waals surface area contributed by atoms with Gasteiger partial charge in [0.1, 0.15) is 0 Å². The third-order valence-electron chi connectivity index (χ3n) is 3.04.